The third-order valence-corrected chi connectivity index (χ3v) is 5.11. The highest BCUT2D eigenvalue weighted by Gasteiger charge is 2.30. The van der Waals surface area contributed by atoms with Gasteiger partial charge in [-0.25, -0.2) is 4.98 Å². The Balaban J connectivity index is 1.63. The molecule has 3 heterocycles. The van der Waals surface area contributed by atoms with E-state index in [-0.39, 0.29) is 5.41 Å². The summed E-state index contributed by atoms with van der Waals surface area (Å²) >= 11 is 3.28. The van der Waals surface area contributed by atoms with Crippen LogP contribution in [0.1, 0.15) is 71.8 Å². The summed E-state index contributed by atoms with van der Waals surface area (Å²) in [7, 11) is 0. The molecule has 9 heteroatoms. The molecule has 1 saturated carbocycles. The molecule has 0 bridgehead atoms. The Bertz CT molecular complexity index is 1090. The molecule has 3 aromatic rings. The van der Waals surface area contributed by atoms with Crippen molar-refractivity contribution in [2.24, 2.45) is 5.41 Å². The van der Waals surface area contributed by atoms with Crippen LogP contribution in [0.15, 0.2) is 27.3 Å². The van der Waals surface area contributed by atoms with Gasteiger partial charge < -0.3 is 9.51 Å². The molecule has 3 N–H and O–H groups in total. The molecular formula is C20H22BrN5O3. The Labute approximate surface area is 175 Å². The van der Waals surface area contributed by atoms with Crippen LogP contribution in [0.3, 0.4) is 0 Å². The number of hydrogen-bond donors (Lipinski definition) is 3. The molecule has 29 heavy (non-hydrogen) atoms. The standard InChI is InChI=1S/C20H22BrN5O3/c1-20(2,3)8-15-16-12(7-13(10-4-5-10)23-19(16)29-26-15)17(27)24-25-18(28)14-6-11(21)9-22-14/h6-7,9-10,22H,4-5,8H2,1-3H3,(H,24,27)(H,25,28). The molecule has 152 valence electrons. The van der Waals surface area contributed by atoms with E-state index < -0.39 is 11.8 Å². The van der Waals surface area contributed by atoms with Crippen LogP contribution in [0.25, 0.3) is 11.1 Å². The van der Waals surface area contributed by atoms with Crippen LogP contribution in [0.5, 0.6) is 0 Å². The first kappa shape index (κ1) is 19.6. The van der Waals surface area contributed by atoms with Gasteiger partial charge in [-0.1, -0.05) is 25.9 Å². The summed E-state index contributed by atoms with van der Waals surface area (Å²) in [5.41, 5.74) is 7.49. The average Bonchev–Trinajstić information content (AvgIpc) is 3.31. The lowest BCUT2D eigenvalue weighted by Gasteiger charge is -2.16. The van der Waals surface area contributed by atoms with E-state index in [0.717, 1.165) is 23.0 Å². The number of nitrogens with zero attached hydrogens (tertiary/aromatic N) is 2. The van der Waals surface area contributed by atoms with Gasteiger partial charge in [-0.05, 0) is 52.7 Å². The number of amides is 2. The summed E-state index contributed by atoms with van der Waals surface area (Å²) in [5.74, 6) is -0.540. The van der Waals surface area contributed by atoms with Crippen LogP contribution in [0, 0.1) is 5.41 Å². The lowest BCUT2D eigenvalue weighted by atomic mass is 9.89. The van der Waals surface area contributed by atoms with E-state index in [1.165, 1.54) is 0 Å². The minimum atomic E-state index is -0.447. The Hall–Kier alpha value is -2.68. The van der Waals surface area contributed by atoms with Crippen molar-refractivity contribution in [2.45, 2.75) is 46.0 Å². The van der Waals surface area contributed by atoms with Crippen LogP contribution in [0.4, 0.5) is 0 Å². The van der Waals surface area contributed by atoms with Crippen molar-refractivity contribution < 1.29 is 14.1 Å². The molecule has 1 aliphatic rings. The summed E-state index contributed by atoms with van der Waals surface area (Å²) < 4.78 is 6.21. The Kier molecular flexibility index (Phi) is 4.94. The summed E-state index contributed by atoms with van der Waals surface area (Å²) in [6.45, 7) is 6.27. The van der Waals surface area contributed by atoms with Gasteiger partial charge in [0.05, 0.1) is 16.6 Å². The third kappa shape index (κ3) is 4.34. The Morgan fingerprint density at radius 1 is 1.24 bits per heavy atom. The van der Waals surface area contributed by atoms with Gasteiger partial charge in [0.25, 0.3) is 17.5 Å². The third-order valence-electron chi connectivity index (χ3n) is 4.66. The van der Waals surface area contributed by atoms with Crippen molar-refractivity contribution in [3.63, 3.8) is 0 Å². The zero-order valence-electron chi connectivity index (χ0n) is 16.4. The fourth-order valence-corrected chi connectivity index (χ4v) is 3.51. The largest absolute Gasteiger partial charge is 0.356 e. The molecule has 8 nitrogen and oxygen atoms in total. The van der Waals surface area contributed by atoms with Crippen molar-refractivity contribution in [2.75, 3.05) is 0 Å². The number of carbonyl (C=O) groups is 2. The van der Waals surface area contributed by atoms with Gasteiger partial charge in [-0.15, -0.1) is 0 Å². The molecule has 0 atom stereocenters. The first-order valence-corrected chi connectivity index (χ1v) is 10.2. The van der Waals surface area contributed by atoms with Gasteiger partial charge >= 0.3 is 0 Å². The van der Waals surface area contributed by atoms with E-state index in [2.05, 4.69) is 62.7 Å². The number of hydrazine groups is 1. The first-order chi connectivity index (χ1) is 13.7. The molecule has 2 amide bonds. The highest BCUT2D eigenvalue weighted by atomic mass is 79.9. The highest BCUT2D eigenvalue weighted by Crippen LogP contribution is 2.40. The smallest absolute Gasteiger partial charge is 0.286 e. The van der Waals surface area contributed by atoms with Gasteiger partial charge in [0.1, 0.15) is 5.69 Å². The van der Waals surface area contributed by atoms with Gasteiger partial charge in [0.2, 0.25) is 0 Å². The quantitative estimate of drug-likeness (QED) is 0.512. The lowest BCUT2D eigenvalue weighted by Crippen LogP contribution is -2.42. The highest BCUT2D eigenvalue weighted by molar-refractivity contribution is 9.10. The number of fused-ring (bicyclic) bond motifs is 1. The normalized spacial score (nSPS) is 14.2. The Morgan fingerprint density at radius 3 is 2.59 bits per heavy atom. The fraction of sp³-hybridized carbons (Fsp3) is 0.400. The number of nitrogens with one attached hydrogen (secondary N) is 3. The van der Waals surface area contributed by atoms with Crippen LogP contribution >= 0.6 is 15.9 Å². The molecule has 0 unspecified atom stereocenters. The van der Waals surface area contributed by atoms with E-state index in [0.29, 0.717) is 40.4 Å². The molecule has 1 aliphatic carbocycles. The van der Waals surface area contributed by atoms with Crippen molar-refractivity contribution in [3.05, 3.63) is 45.4 Å². The maximum absolute atomic E-state index is 13.0. The van der Waals surface area contributed by atoms with Gasteiger partial charge in [0.15, 0.2) is 0 Å². The fourth-order valence-electron chi connectivity index (χ4n) is 3.17. The second kappa shape index (κ2) is 7.29. The van der Waals surface area contributed by atoms with Crippen LogP contribution in [0.2, 0.25) is 0 Å². The molecule has 0 saturated heterocycles. The van der Waals surface area contributed by atoms with Crippen molar-refractivity contribution in [1.29, 1.82) is 0 Å². The number of halogens is 1. The van der Waals surface area contributed by atoms with E-state index in [1.54, 1.807) is 18.3 Å². The number of carbonyl (C=O) groups excluding carboxylic acids is 2. The second-order valence-electron chi connectivity index (χ2n) is 8.56. The molecule has 0 radical (unpaired) electrons. The van der Waals surface area contributed by atoms with Crippen LogP contribution in [-0.4, -0.2) is 26.9 Å². The number of aromatic nitrogens is 3. The molecule has 0 spiro atoms. The molecular weight excluding hydrogens is 438 g/mol. The predicted molar refractivity (Wildman–Crippen MR) is 110 cm³/mol. The summed E-state index contributed by atoms with van der Waals surface area (Å²) in [6.07, 6.45) is 4.36. The summed E-state index contributed by atoms with van der Waals surface area (Å²) in [6, 6.07) is 3.41. The monoisotopic (exact) mass is 459 g/mol. The van der Waals surface area contributed by atoms with Gasteiger partial charge in [-0.3, -0.25) is 20.4 Å². The second-order valence-corrected chi connectivity index (χ2v) is 9.47. The zero-order valence-corrected chi connectivity index (χ0v) is 18.0. The summed E-state index contributed by atoms with van der Waals surface area (Å²) in [5, 5.41) is 4.77. The van der Waals surface area contributed by atoms with Gasteiger partial charge in [0, 0.05) is 22.3 Å². The van der Waals surface area contributed by atoms with Crippen LogP contribution in [-0.2, 0) is 6.42 Å². The number of H-pyrrole nitrogens is 1. The predicted octanol–water partition coefficient (Wildman–Crippen LogP) is 3.85. The Morgan fingerprint density at radius 2 is 1.97 bits per heavy atom. The maximum Gasteiger partial charge on any atom is 0.286 e. The number of aromatic amines is 1. The topological polar surface area (TPSA) is 113 Å². The first-order valence-electron chi connectivity index (χ1n) is 9.45. The number of rotatable bonds is 4. The number of hydrogen-bond acceptors (Lipinski definition) is 5. The zero-order chi connectivity index (χ0) is 20.8. The lowest BCUT2D eigenvalue weighted by molar-refractivity contribution is 0.0845. The molecule has 4 rings (SSSR count). The van der Waals surface area contributed by atoms with E-state index >= 15 is 0 Å². The molecule has 0 aliphatic heterocycles. The van der Waals surface area contributed by atoms with Crippen molar-refractivity contribution >= 4 is 38.8 Å². The molecule has 1 fully saturated rings. The van der Waals surface area contributed by atoms with E-state index in [4.69, 9.17) is 4.52 Å². The summed E-state index contributed by atoms with van der Waals surface area (Å²) in [4.78, 5) is 32.6. The van der Waals surface area contributed by atoms with E-state index in [1.807, 2.05) is 0 Å². The van der Waals surface area contributed by atoms with Crippen molar-refractivity contribution in [1.82, 2.24) is 26.0 Å². The molecule has 3 aromatic heterocycles. The number of pyridine rings is 1. The average molecular weight is 460 g/mol. The van der Waals surface area contributed by atoms with E-state index in [9.17, 15) is 9.59 Å². The minimum absolute atomic E-state index is 0.0397. The maximum atomic E-state index is 13.0. The van der Waals surface area contributed by atoms with Gasteiger partial charge in [-0.2, -0.15) is 0 Å². The molecule has 0 aromatic carbocycles. The minimum Gasteiger partial charge on any atom is -0.356 e. The van der Waals surface area contributed by atoms with Crippen LogP contribution < -0.4 is 10.9 Å². The SMILES string of the molecule is CC(C)(C)Cc1noc2nc(C3CC3)cc(C(=O)NNC(=O)c3cc(Br)c[nH]3)c12. The van der Waals surface area contributed by atoms with Crippen molar-refractivity contribution in [3.8, 4) is 0 Å².